The van der Waals surface area contributed by atoms with Gasteiger partial charge in [0.15, 0.2) is 11.6 Å². The highest BCUT2D eigenvalue weighted by atomic mass is 19.1. The normalized spacial score (nSPS) is 11.5. The largest absolute Gasteiger partial charge is 0.486 e. The summed E-state index contributed by atoms with van der Waals surface area (Å²) in [4.78, 5) is 0. The van der Waals surface area contributed by atoms with Crippen LogP contribution >= 0.6 is 0 Å². The van der Waals surface area contributed by atoms with E-state index in [9.17, 15) is 8.78 Å². The van der Waals surface area contributed by atoms with Crippen LogP contribution < -0.4 is 10.5 Å². The quantitative estimate of drug-likeness (QED) is 0.878. The van der Waals surface area contributed by atoms with Gasteiger partial charge in [-0.15, -0.1) is 0 Å². The molecule has 0 radical (unpaired) electrons. The number of ether oxygens (including phenoxy) is 1. The minimum absolute atomic E-state index is 0.115. The number of halogens is 2. The Morgan fingerprint density at radius 3 is 2.48 bits per heavy atom. The zero-order valence-corrected chi connectivity index (χ0v) is 11.6. The summed E-state index contributed by atoms with van der Waals surface area (Å²) in [6.07, 6.45) is 0.764. The molecule has 2 N–H and O–H groups in total. The van der Waals surface area contributed by atoms with Crippen LogP contribution in [0.4, 0.5) is 8.78 Å². The number of hydrogen-bond donors (Lipinski definition) is 1. The van der Waals surface area contributed by atoms with Gasteiger partial charge < -0.3 is 10.5 Å². The maximum Gasteiger partial charge on any atom is 0.165 e. The summed E-state index contributed by atoms with van der Waals surface area (Å²) in [5, 5.41) is 0. The first-order valence-electron chi connectivity index (χ1n) is 6.66. The van der Waals surface area contributed by atoms with E-state index in [1.54, 1.807) is 12.1 Å². The Labute approximate surface area is 122 Å². The topological polar surface area (TPSA) is 35.2 Å². The molecule has 0 aliphatic carbocycles. The van der Waals surface area contributed by atoms with Gasteiger partial charge in [-0.1, -0.05) is 36.4 Å². The third-order valence-electron chi connectivity index (χ3n) is 3.08. The van der Waals surface area contributed by atoms with Crippen molar-refractivity contribution in [3.63, 3.8) is 0 Å². The third-order valence-corrected chi connectivity index (χ3v) is 3.08. The molecule has 2 aromatic rings. The molecule has 2 nitrogen and oxygen atoms in total. The molecule has 0 saturated carbocycles. The smallest absolute Gasteiger partial charge is 0.165 e. The average Bonchev–Trinajstić information content (AvgIpc) is 2.52. The van der Waals surface area contributed by atoms with Crippen LogP contribution in [0.25, 0.3) is 0 Å². The first-order valence-corrected chi connectivity index (χ1v) is 6.66. The van der Waals surface area contributed by atoms with Crippen LogP contribution in [-0.4, -0.2) is 6.54 Å². The van der Waals surface area contributed by atoms with Crippen molar-refractivity contribution < 1.29 is 13.5 Å². The van der Waals surface area contributed by atoms with Gasteiger partial charge in [-0.05, 0) is 35.3 Å². The Hall–Kier alpha value is -2.20. The molecule has 110 valence electrons. The molecule has 0 spiro atoms. The molecule has 0 heterocycles. The van der Waals surface area contributed by atoms with Gasteiger partial charge >= 0.3 is 0 Å². The molecule has 4 heteroatoms. The molecule has 0 amide bonds. The van der Waals surface area contributed by atoms with Crippen molar-refractivity contribution in [2.75, 3.05) is 6.54 Å². The molecule has 0 fully saturated rings. The maximum atomic E-state index is 13.9. The lowest BCUT2D eigenvalue weighted by atomic mass is 10.1. The second-order valence-corrected chi connectivity index (χ2v) is 4.69. The molecule has 0 unspecified atom stereocenters. The minimum atomic E-state index is -0.460. The number of nitrogens with two attached hydrogens (primary N) is 1. The van der Waals surface area contributed by atoms with E-state index in [0.29, 0.717) is 30.5 Å². The summed E-state index contributed by atoms with van der Waals surface area (Å²) in [5.41, 5.74) is 7.43. The predicted molar refractivity (Wildman–Crippen MR) is 79.1 cm³/mol. The van der Waals surface area contributed by atoms with Crippen molar-refractivity contribution in [1.82, 2.24) is 0 Å². The fourth-order valence-corrected chi connectivity index (χ4v) is 1.92. The lowest BCUT2D eigenvalue weighted by Gasteiger charge is -2.09. The first-order chi connectivity index (χ1) is 10.2. The van der Waals surface area contributed by atoms with Crippen molar-refractivity contribution in [3.05, 3.63) is 77.4 Å². The molecule has 0 atom stereocenters. The van der Waals surface area contributed by atoms with E-state index in [1.165, 1.54) is 6.07 Å². The third kappa shape index (κ3) is 4.39. The van der Waals surface area contributed by atoms with Crippen molar-refractivity contribution in [1.29, 1.82) is 0 Å². The van der Waals surface area contributed by atoms with E-state index < -0.39 is 5.82 Å². The van der Waals surface area contributed by atoms with Crippen LogP contribution in [0.5, 0.6) is 5.75 Å². The Morgan fingerprint density at radius 1 is 1.10 bits per heavy atom. The van der Waals surface area contributed by atoms with Crippen molar-refractivity contribution in [2.45, 2.75) is 13.0 Å². The van der Waals surface area contributed by atoms with E-state index in [0.717, 1.165) is 5.56 Å². The zero-order chi connectivity index (χ0) is 15.1. The van der Waals surface area contributed by atoms with E-state index in [2.05, 4.69) is 0 Å². The van der Waals surface area contributed by atoms with Crippen LogP contribution in [0, 0.1) is 5.82 Å². The summed E-state index contributed by atoms with van der Waals surface area (Å²) in [6, 6.07) is 14.1. The van der Waals surface area contributed by atoms with Crippen LogP contribution in [0.3, 0.4) is 0 Å². The predicted octanol–water partition coefficient (Wildman–Crippen LogP) is 3.76. The number of rotatable bonds is 6. The second kappa shape index (κ2) is 7.55. The fourth-order valence-electron chi connectivity index (χ4n) is 1.92. The van der Waals surface area contributed by atoms with Crippen LogP contribution in [0.2, 0.25) is 0 Å². The number of benzene rings is 2. The minimum Gasteiger partial charge on any atom is -0.486 e. The Kier molecular flexibility index (Phi) is 5.46. The Morgan fingerprint density at radius 2 is 1.86 bits per heavy atom. The summed E-state index contributed by atoms with van der Waals surface area (Å²) in [6.45, 7) is 0.417. The molecule has 0 aliphatic heterocycles. The van der Waals surface area contributed by atoms with Gasteiger partial charge in [0.2, 0.25) is 0 Å². The second-order valence-electron chi connectivity index (χ2n) is 4.69. The Balaban J connectivity index is 2.02. The highest BCUT2D eigenvalue weighted by molar-refractivity contribution is 5.32. The molecule has 0 bridgehead atoms. The first kappa shape index (κ1) is 15.2. The maximum absolute atomic E-state index is 13.9. The fraction of sp³-hybridized carbons (Fsp3) is 0.176. The molecule has 2 rings (SSSR count). The molecule has 2 aromatic carbocycles. The monoisotopic (exact) mass is 289 g/mol. The molecule has 0 saturated heterocycles. The van der Waals surface area contributed by atoms with Gasteiger partial charge in [-0.2, -0.15) is 0 Å². The molecular formula is C17H17F2NO. The summed E-state index contributed by atoms with van der Waals surface area (Å²) in [7, 11) is 0. The van der Waals surface area contributed by atoms with Gasteiger partial charge in [-0.25, -0.2) is 8.78 Å². The van der Waals surface area contributed by atoms with Crippen LogP contribution in [0.1, 0.15) is 11.1 Å². The van der Waals surface area contributed by atoms with Crippen LogP contribution in [0.15, 0.2) is 60.4 Å². The van der Waals surface area contributed by atoms with Crippen molar-refractivity contribution in [3.8, 4) is 5.75 Å². The summed E-state index contributed by atoms with van der Waals surface area (Å²) >= 11 is 0. The lowest BCUT2D eigenvalue weighted by molar-refractivity contribution is 0.290. The van der Waals surface area contributed by atoms with Gasteiger partial charge in [0.1, 0.15) is 6.61 Å². The zero-order valence-electron chi connectivity index (χ0n) is 11.6. The van der Waals surface area contributed by atoms with Gasteiger partial charge in [0.05, 0.1) is 6.33 Å². The molecular weight excluding hydrogens is 272 g/mol. The van der Waals surface area contributed by atoms with E-state index in [4.69, 9.17) is 10.5 Å². The highest BCUT2D eigenvalue weighted by Crippen LogP contribution is 2.21. The highest BCUT2D eigenvalue weighted by Gasteiger charge is 2.06. The standard InChI is InChI=1S/C17H17F2NO/c18-10-15(11-20)8-14-6-7-17(16(19)9-14)21-12-13-4-2-1-3-5-13/h1-7,9-10H,8,11-12,20H2. The van der Waals surface area contributed by atoms with Gasteiger partial charge in [0.25, 0.3) is 0 Å². The van der Waals surface area contributed by atoms with Crippen LogP contribution in [-0.2, 0) is 13.0 Å². The van der Waals surface area contributed by atoms with Gasteiger partial charge in [-0.3, -0.25) is 0 Å². The van der Waals surface area contributed by atoms with E-state index >= 15 is 0 Å². The van der Waals surface area contributed by atoms with Crippen molar-refractivity contribution in [2.24, 2.45) is 5.73 Å². The average molecular weight is 289 g/mol. The summed E-state index contributed by atoms with van der Waals surface area (Å²) in [5.74, 6) is -0.278. The van der Waals surface area contributed by atoms with Gasteiger partial charge in [0, 0.05) is 6.54 Å². The summed E-state index contributed by atoms with van der Waals surface area (Å²) < 4.78 is 31.9. The van der Waals surface area contributed by atoms with E-state index in [-0.39, 0.29) is 12.3 Å². The molecule has 0 aliphatic rings. The molecule has 21 heavy (non-hydrogen) atoms. The van der Waals surface area contributed by atoms with E-state index in [1.807, 2.05) is 30.3 Å². The SMILES string of the molecule is NCC(=CF)Cc1ccc(OCc2ccccc2)c(F)c1. The Bertz CT molecular complexity index is 611. The number of hydrogen-bond acceptors (Lipinski definition) is 2. The molecule has 0 aromatic heterocycles. The lowest BCUT2D eigenvalue weighted by Crippen LogP contribution is -2.05. The van der Waals surface area contributed by atoms with Crippen molar-refractivity contribution >= 4 is 0 Å².